The van der Waals surface area contributed by atoms with E-state index in [9.17, 15) is 0 Å². The molecule has 10 heavy (non-hydrogen) atoms. The van der Waals surface area contributed by atoms with E-state index in [1.54, 1.807) is 0 Å². The normalized spacial score (nSPS) is 0. The summed E-state index contributed by atoms with van der Waals surface area (Å²) in [5.41, 5.74) is 0. The van der Waals surface area contributed by atoms with Gasteiger partial charge in [0.25, 0.3) is 0 Å². The molecule has 0 unspecified atom stereocenters. The van der Waals surface area contributed by atoms with Crippen LogP contribution in [0.4, 0.5) is 0 Å². The molecule has 10 heteroatoms. The predicted molar refractivity (Wildman–Crippen MR) is 41.0 cm³/mol. The third kappa shape index (κ3) is 2520. The zero-order valence-electron chi connectivity index (χ0n) is 4.42. The fraction of sp³-hybridized carbons (Fsp3) is 0. The Hall–Kier alpha value is 0.429. The summed E-state index contributed by atoms with van der Waals surface area (Å²) in [6, 6.07) is 0. The zero-order valence-corrected chi connectivity index (χ0v) is 5.57. The van der Waals surface area contributed by atoms with E-state index >= 15 is 0 Å². The molecule has 0 amide bonds. The van der Waals surface area contributed by atoms with Crippen molar-refractivity contribution < 1.29 is 43.8 Å². The molecule has 0 fully saturated rings. The van der Waals surface area contributed by atoms with Crippen molar-refractivity contribution >= 4 is 28.3 Å². The Morgan fingerprint density at radius 2 is 0.400 bits per heavy atom. The van der Waals surface area contributed by atoms with Gasteiger partial charge in [0, 0.05) is 0 Å². The number of hydrogen-bond donors (Lipinski definition) is 0. The molecule has 0 aromatic rings. The van der Waals surface area contributed by atoms with Gasteiger partial charge in [-0.1, -0.05) is 0 Å². The smallest absolute Gasteiger partial charge is 0.870 e. The molecule has 72 valence electrons. The molecule has 0 aliphatic heterocycles. The van der Waals surface area contributed by atoms with Crippen LogP contribution in [0.15, 0.2) is 0 Å². The fourth-order valence-corrected chi connectivity index (χ4v) is 0. The quantitative estimate of drug-likeness (QED) is 0.346. The summed E-state index contributed by atoms with van der Waals surface area (Å²) in [4.78, 5) is 0. The largest absolute Gasteiger partial charge is 3.00 e. The standard InChI is InChI=1S/Al.8H2O.H4Si/h;8*1H2;1H4/q+3;;;;;;;;;/p-3. The average molecular weight is 200 g/mol. The van der Waals surface area contributed by atoms with Gasteiger partial charge in [0.05, 0.1) is 0 Å². The maximum Gasteiger partial charge on any atom is 3.00 e. The van der Waals surface area contributed by atoms with Crippen LogP contribution in [0.2, 0.25) is 0 Å². The Morgan fingerprint density at radius 3 is 0.400 bits per heavy atom. The second-order valence-corrected chi connectivity index (χ2v) is 0. The maximum absolute atomic E-state index is 0. The minimum atomic E-state index is 0. The molecule has 13 N–H and O–H groups in total. The summed E-state index contributed by atoms with van der Waals surface area (Å²) in [5.74, 6) is 0. The van der Waals surface area contributed by atoms with E-state index in [0.717, 1.165) is 0 Å². The van der Waals surface area contributed by atoms with Crippen molar-refractivity contribution in [3.63, 3.8) is 0 Å². The van der Waals surface area contributed by atoms with Gasteiger partial charge < -0.3 is 43.8 Å². The second-order valence-electron chi connectivity index (χ2n) is 0. The van der Waals surface area contributed by atoms with Gasteiger partial charge in [0.15, 0.2) is 0 Å². The predicted octanol–water partition coefficient (Wildman–Crippen LogP) is -6.49. The van der Waals surface area contributed by atoms with E-state index in [0.29, 0.717) is 0 Å². The first-order valence-electron chi connectivity index (χ1n) is 0. The van der Waals surface area contributed by atoms with E-state index in [1.807, 2.05) is 0 Å². The van der Waals surface area contributed by atoms with Crippen molar-refractivity contribution in [3.05, 3.63) is 0 Å². The minimum absolute atomic E-state index is 0. The molecule has 0 aromatic heterocycles. The zero-order chi connectivity index (χ0) is 0. The van der Waals surface area contributed by atoms with Crippen molar-refractivity contribution in [1.82, 2.24) is 0 Å². The Kier molecular flexibility index (Phi) is 1830000. The minimum Gasteiger partial charge on any atom is -0.870 e. The number of rotatable bonds is 0. The van der Waals surface area contributed by atoms with E-state index < -0.39 is 0 Å². The van der Waals surface area contributed by atoms with Gasteiger partial charge in [-0.15, -0.1) is 0 Å². The first-order chi connectivity index (χ1) is 0. The molecule has 0 aliphatic rings. The first-order valence-corrected chi connectivity index (χ1v) is 0. The summed E-state index contributed by atoms with van der Waals surface area (Å²) < 4.78 is 0. The molecule has 0 saturated carbocycles. The molecular weight excluding hydrogens is 183 g/mol. The van der Waals surface area contributed by atoms with Crippen LogP contribution < -0.4 is 0 Å². The molecule has 8 nitrogen and oxygen atoms in total. The Morgan fingerprint density at radius 1 is 0.400 bits per heavy atom. The van der Waals surface area contributed by atoms with E-state index in [2.05, 4.69) is 0 Å². The third-order valence-corrected chi connectivity index (χ3v) is 0. The Bertz CT molecular complexity index is 9.22. The van der Waals surface area contributed by atoms with Crippen molar-refractivity contribution in [2.75, 3.05) is 0 Å². The first kappa shape index (κ1) is 5030. The van der Waals surface area contributed by atoms with Gasteiger partial charge in [-0.2, -0.15) is 0 Å². The van der Waals surface area contributed by atoms with E-state index in [1.165, 1.54) is 0 Å². The van der Waals surface area contributed by atoms with Crippen molar-refractivity contribution in [3.8, 4) is 0 Å². The van der Waals surface area contributed by atoms with Crippen LogP contribution in [0.3, 0.4) is 0 Å². The fourth-order valence-electron chi connectivity index (χ4n) is 0. The molecule has 0 heterocycles. The molecule has 0 atom stereocenters. The van der Waals surface area contributed by atoms with Gasteiger partial charge in [0.2, 0.25) is 0 Å². The SMILES string of the molecule is O.O.O.O.O.[Al+3].[OH-].[OH-].[OH-].[SiH4]. The monoisotopic (exact) mass is 200 g/mol. The van der Waals surface area contributed by atoms with Gasteiger partial charge in [-0.05, 0) is 11.0 Å². The van der Waals surface area contributed by atoms with Gasteiger partial charge >= 0.3 is 17.4 Å². The summed E-state index contributed by atoms with van der Waals surface area (Å²) in [6.45, 7) is 0. The number of hydrogen-bond acceptors (Lipinski definition) is 3. The topological polar surface area (TPSA) is 248 Å². The van der Waals surface area contributed by atoms with Crippen molar-refractivity contribution in [2.45, 2.75) is 0 Å². The van der Waals surface area contributed by atoms with Crippen LogP contribution in [0.5, 0.6) is 0 Å². The average Bonchev–Trinajstić information content (AvgIpc) is 0. The molecule has 0 rings (SSSR count). The van der Waals surface area contributed by atoms with E-state index in [4.69, 9.17) is 0 Å². The van der Waals surface area contributed by atoms with Crippen LogP contribution in [-0.2, 0) is 0 Å². The maximum atomic E-state index is 0. The van der Waals surface area contributed by atoms with Gasteiger partial charge in [-0.3, -0.25) is 0 Å². The van der Waals surface area contributed by atoms with Crippen molar-refractivity contribution in [2.24, 2.45) is 0 Å². The van der Waals surface area contributed by atoms with Crippen LogP contribution in [0, 0.1) is 0 Å². The molecular formula is H17AlO8Si. The summed E-state index contributed by atoms with van der Waals surface area (Å²) >= 11 is 0. The summed E-state index contributed by atoms with van der Waals surface area (Å²) in [6.07, 6.45) is 0. The molecule has 0 aliphatic carbocycles. The van der Waals surface area contributed by atoms with Crippen molar-refractivity contribution in [1.29, 1.82) is 0 Å². The molecule has 0 bridgehead atoms. The van der Waals surface area contributed by atoms with Gasteiger partial charge in [-0.25, -0.2) is 0 Å². The third-order valence-electron chi connectivity index (χ3n) is 0. The molecule has 0 saturated heterocycles. The second kappa shape index (κ2) is 3630. The molecule has 0 spiro atoms. The Labute approximate surface area is 72.9 Å². The summed E-state index contributed by atoms with van der Waals surface area (Å²) in [5, 5.41) is 0. The molecule has 0 radical (unpaired) electrons. The summed E-state index contributed by atoms with van der Waals surface area (Å²) in [7, 11) is 0. The van der Waals surface area contributed by atoms with Gasteiger partial charge in [0.1, 0.15) is 0 Å². The van der Waals surface area contributed by atoms with Crippen LogP contribution in [-0.4, -0.2) is 72.1 Å². The van der Waals surface area contributed by atoms with Crippen LogP contribution in [0.25, 0.3) is 0 Å². The Balaban J connectivity index is 0. The van der Waals surface area contributed by atoms with E-state index in [-0.39, 0.29) is 72.1 Å². The molecule has 0 aromatic carbocycles. The van der Waals surface area contributed by atoms with Crippen LogP contribution >= 0.6 is 0 Å². The van der Waals surface area contributed by atoms with Crippen LogP contribution in [0.1, 0.15) is 0 Å².